The lowest BCUT2D eigenvalue weighted by Gasteiger charge is -2.16. The molecule has 0 bridgehead atoms. The Balaban J connectivity index is 1.48. The number of amides is 2. The van der Waals surface area contributed by atoms with E-state index in [0.717, 1.165) is 5.56 Å². The predicted molar refractivity (Wildman–Crippen MR) is 123 cm³/mol. The van der Waals surface area contributed by atoms with Gasteiger partial charge in [0.25, 0.3) is 11.8 Å². The number of rotatable bonds is 7. The van der Waals surface area contributed by atoms with E-state index >= 15 is 0 Å². The topological polar surface area (TPSA) is 77.1 Å². The Morgan fingerprint density at radius 1 is 0.909 bits per heavy atom. The van der Waals surface area contributed by atoms with Crippen molar-refractivity contribution in [3.63, 3.8) is 0 Å². The lowest BCUT2D eigenvalue weighted by molar-refractivity contribution is -0.137. The van der Waals surface area contributed by atoms with Crippen molar-refractivity contribution in [3.05, 3.63) is 89.6 Å². The van der Waals surface area contributed by atoms with Crippen molar-refractivity contribution < 1.29 is 23.8 Å². The van der Waals surface area contributed by atoms with Gasteiger partial charge in [0.1, 0.15) is 11.4 Å². The smallest absolute Gasteiger partial charge is 0.278 e. The highest BCUT2D eigenvalue weighted by Crippen LogP contribution is 2.35. The summed E-state index contributed by atoms with van der Waals surface area (Å²) in [6.07, 6.45) is 0. The van der Waals surface area contributed by atoms with Crippen molar-refractivity contribution >= 4 is 23.1 Å². The number of anilines is 1. The first-order valence-electron chi connectivity index (χ1n) is 10.7. The average molecular weight is 442 g/mol. The molecule has 0 radical (unpaired) electrons. The quantitative estimate of drug-likeness (QED) is 0.553. The molecule has 33 heavy (non-hydrogen) atoms. The number of carbonyl (C=O) groups excluding carboxylic acids is 2. The molecule has 1 N–H and O–H groups in total. The number of hydrogen-bond acceptors (Lipinski definition) is 6. The van der Waals surface area contributed by atoms with Crippen molar-refractivity contribution in [1.29, 1.82) is 0 Å². The minimum atomic E-state index is -0.390. The average Bonchev–Trinajstić information content (AvgIpc) is 3.38. The molecule has 0 aromatic heterocycles. The Bertz CT molecular complexity index is 1250. The number of hydrogen-bond donors (Lipinski definition) is 1. The molecule has 7 heteroatoms. The van der Waals surface area contributed by atoms with Crippen molar-refractivity contribution in [1.82, 2.24) is 4.90 Å². The normalized spacial score (nSPS) is 14.8. The molecule has 0 atom stereocenters. The van der Waals surface area contributed by atoms with Crippen LogP contribution < -0.4 is 19.5 Å². The Kier molecular flexibility index (Phi) is 5.44. The third-order valence-electron chi connectivity index (χ3n) is 5.42. The van der Waals surface area contributed by atoms with Gasteiger partial charge in [0.2, 0.25) is 6.79 Å². The van der Waals surface area contributed by atoms with Crippen molar-refractivity contribution in [2.75, 3.05) is 18.7 Å². The SMILES string of the molecule is CCOc1cccc(NC2=C(c3ccccc3)C(=O)N(Cc3ccc4c(c3)OCO4)C2=O)c1. The minimum absolute atomic E-state index is 0.120. The molecular formula is C26H22N2O5. The second kappa shape index (κ2) is 8.70. The lowest BCUT2D eigenvalue weighted by atomic mass is 10.0. The van der Waals surface area contributed by atoms with Crippen molar-refractivity contribution in [3.8, 4) is 17.2 Å². The third kappa shape index (κ3) is 4.01. The molecule has 2 amide bonds. The zero-order chi connectivity index (χ0) is 22.8. The lowest BCUT2D eigenvalue weighted by Crippen LogP contribution is -2.32. The van der Waals surface area contributed by atoms with Crippen LogP contribution in [0.5, 0.6) is 17.2 Å². The third-order valence-corrected chi connectivity index (χ3v) is 5.42. The summed E-state index contributed by atoms with van der Waals surface area (Å²) in [5, 5.41) is 3.17. The fourth-order valence-corrected chi connectivity index (χ4v) is 3.90. The van der Waals surface area contributed by atoms with Gasteiger partial charge in [-0.2, -0.15) is 0 Å². The Morgan fingerprint density at radius 2 is 1.73 bits per heavy atom. The van der Waals surface area contributed by atoms with Crippen LogP contribution in [0.15, 0.2) is 78.5 Å². The maximum atomic E-state index is 13.5. The molecule has 3 aromatic rings. The minimum Gasteiger partial charge on any atom is -0.494 e. The van der Waals surface area contributed by atoms with E-state index in [4.69, 9.17) is 14.2 Å². The number of ether oxygens (including phenoxy) is 3. The zero-order valence-corrected chi connectivity index (χ0v) is 18.0. The highest BCUT2D eigenvalue weighted by atomic mass is 16.7. The molecule has 2 aliphatic heterocycles. The number of fused-ring (bicyclic) bond motifs is 1. The van der Waals surface area contributed by atoms with Gasteiger partial charge in [-0.25, -0.2) is 0 Å². The van der Waals surface area contributed by atoms with E-state index in [1.165, 1.54) is 4.90 Å². The molecule has 0 saturated heterocycles. The van der Waals surface area contributed by atoms with Gasteiger partial charge in [-0.05, 0) is 42.3 Å². The van der Waals surface area contributed by atoms with E-state index in [1.54, 1.807) is 18.2 Å². The summed E-state index contributed by atoms with van der Waals surface area (Å²) in [5.74, 6) is 1.19. The highest BCUT2D eigenvalue weighted by Gasteiger charge is 2.39. The second-order valence-corrected chi connectivity index (χ2v) is 7.59. The highest BCUT2D eigenvalue weighted by molar-refractivity contribution is 6.36. The molecule has 0 fully saturated rings. The maximum absolute atomic E-state index is 13.5. The number of nitrogens with zero attached hydrogens (tertiary/aromatic N) is 1. The first kappa shape index (κ1) is 20.6. The summed E-state index contributed by atoms with van der Waals surface area (Å²) >= 11 is 0. The van der Waals surface area contributed by atoms with Gasteiger partial charge in [0.15, 0.2) is 11.5 Å². The fraction of sp³-hybridized carbons (Fsp3) is 0.154. The maximum Gasteiger partial charge on any atom is 0.278 e. The number of benzene rings is 3. The Hall–Kier alpha value is -4.26. The zero-order valence-electron chi connectivity index (χ0n) is 18.0. The molecule has 5 rings (SSSR count). The van der Waals surface area contributed by atoms with E-state index in [-0.39, 0.29) is 24.9 Å². The molecule has 0 aliphatic carbocycles. The molecule has 166 valence electrons. The van der Waals surface area contributed by atoms with Crippen LogP contribution in [-0.2, 0) is 16.1 Å². The molecule has 2 heterocycles. The molecule has 0 unspecified atom stereocenters. The van der Waals surface area contributed by atoms with Gasteiger partial charge in [0.05, 0.1) is 18.7 Å². The Morgan fingerprint density at radius 3 is 2.55 bits per heavy atom. The Labute approximate surface area is 191 Å². The summed E-state index contributed by atoms with van der Waals surface area (Å²) in [6.45, 7) is 2.72. The number of carbonyl (C=O) groups is 2. The van der Waals surface area contributed by atoms with Crippen LogP contribution in [0.25, 0.3) is 5.57 Å². The van der Waals surface area contributed by atoms with Crippen LogP contribution in [0.4, 0.5) is 5.69 Å². The first-order chi connectivity index (χ1) is 16.1. The monoisotopic (exact) mass is 442 g/mol. The first-order valence-corrected chi connectivity index (χ1v) is 10.7. The largest absolute Gasteiger partial charge is 0.494 e. The second-order valence-electron chi connectivity index (χ2n) is 7.59. The van der Waals surface area contributed by atoms with Gasteiger partial charge in [-0.3, -0.25) is 14.5 Å². The summed E-state index contributed by atoms with van der Waals surface area (Å²) in [6, 6.07) is 21.9. The van der Waals surface area contributed by atoms with E-state index in [0.29, 0.717) is 40.7 Å². The van der Waals surface area contributed by atoms with Crippen molar-refractivity contribution in [2.45, 2.75) is 13.5 Å². The molecule has 0 saturated carbocycles. The predicted octanol–water partition coefficient (Wildman–Crippen LogP) is 4.21. The summed E-state index contributed by atoms with van der Waals surface area (Å²) < 4.78 is 16.4. The van der Waals surface area contributed by atoms with E-state index in [9.17, 15) is 9.59 Å². The number of imide groups is 1. The van der Waals surface area contributed by atoms with Gasteiger partial charge >= 0.3 is 0 Å². The van der Waals surface area contributed by atoms with Crippen LogP contribution in [0.1, 0.15) is 18.1 Å². The molecule has 7 nitrogen and oxygen atoms in total. The van der Waals surface area contributed by atoms with Gasteiger partial charge in [0, 0.05) is 11.8 Å². The standard InChI is InChI=1S/C26H22N2O5/c1-2-31-20-10-6-9-19(14-20)27-24-23(18-7-4-3-5-8-18)25(29)28(26(24)30)15-17-11-12-21-22(13-17)33-16-32-21/h3-14,27H,2,15-16H2,1H3. The van der Waals surface area contributed by atoms with Crippen LogP contribution in [0, 0.1) is 0 Å². The van der Waals surface area contributed by atoms with Gasteiger partial charge in [-0.15, -0.1) is 0 Å². The van der Waals surface area contributed by atoms with Crippen LogP contribution in [0.2, 0.25) is 0 Å². The molecule has 3 aromatic carbocycles. The summed E-state index contributed by atoms with van der Waals surface area (Å²) in [5.41, 5.74) is 2.68. The molecular weight excluding hydrogens is 420 g/mol. The van der Waals surface area contributed by atoms with Crippen LogP contribution in [-0.4, -0.2) is 30.1 Å². The van der Waals surface area contributed by atoms with Crippen LogP contribution in [0.3, 0.4) is 0 Å². The van der Waals surface area contributed by atoms with Crippen molar-refractivity contribution in [2.24, 2.45) is 0 Å². The van der Waals surface area contributed by atoms with Gasteiger partial charge < -0.3 is 19.5 Å². The van der Waals surface area contributed by atoms with E-state index in [1.807, 2.05) is 61.5 Å². The van der Waals surface area contributed by atoms with Gasteiger partial charge in [-0.1, -0.05) is 42.5 Å². The van der Waals surface area contributed by atoms with E-state index < -0.39 is 5.91 Å². The number of nitrogens with one attached hydrogen (secondary N) is 1. The van der Waals surface area contributed by atoms with Crippen LogP contribution >= 0.6 is 0 Å². The fourth-order valence-electron chi connectivity index (χ4n) is 3.90. The van der Waals surface area contributed by atoms with E-state index in [2.05, 4.69) is 5.32 Å². The summed E-state index contributed by atoms with van der Waals surface area (Å²) in [4.78, 5) is 28.1. The summed E-state index contributed by atoms with van der Waals surface area (Å²) in [7, 11) is 0. The molecule has 0 spiro atoms. The molecule has 2 aliphatic rings.